The summed E-state index contributed by atoms with van der Waals surface area (Å²) in [5.74, 6) is 1.89. The Labute approximate surface area is 165 Å². The highest BCUT2D eigenvalue weighted by Crippen LogP contribution is 2.24. The van der Waals surface area contributed by atoms with Gasteiger partial charge in [-0.15, -0.1) is 12.4 Å². The summed E-state index contributed by atoms with van der Waals surface area (Å²) in [6.45, 7) is 1.65. The summed E-state index contributed by atoms with van der Waals surface area (Å²) in [6.07, 6.45) is 1.60. The second kappa shape index (κ2) is 9.60. The predicted molar refractivity (Wildman–Crippen MR) is 106 cm³/mol. The van der Waals surface area contributed by atoms with Crippen molar-refractivity contribution in [1.82, 2.24) is 10.6 Å². The van der Waals surface area contributed by atoms with Crippen LogP contribution >= 0.6 is 12.4 Å². The first-order chi connectivity index (χ1) is 12.6. The average molecular weight is 393 g/mol. The Morgan fingerprint density at radius 1 is 1.11 bits per heavy atom. The maximum atomic E-state index is 12.3. The highest BCUT2D eigenvalue weighted by atomic mass is 35.5. The lowest BCUT2D eigenvalue weighted by molar-refractivity contribution is 0.0170. The van der Waals surface area contributed by atoms with Gasteiger partial charge in [0.15, 0.2) is 0 Å². The van der Waals surface area contributed by atoms with Crippen molar-refractivity contribution < 1.29 is 19.4 Å². The van der Waals surface area contributed by atoms with E-state index in [0.717, 1.165) is 18.7 Å². The maximum Gasteiger partial charge on any atom is 0.251 e. The molecular formula is C20H25ClN2O4. The fourth-order valence-corrected chi connectivity index (χ4v) is 2.90. The highest BCUT2D eigenvalue weighted by Gasteiger charge is 2.29. The molecule has 1 atom stereocenters. The van der Waals surface area contributed by atoms with Crippen molar-refractivity contribution in [1.29, 1.82) is 0 Å². The number of carbonyl (C=O) groups is 1. The van der Waals surface area contributed by atoms with Crippen LogP contribution in [0.15, 0.2) is 48.5 Å². The molecule has 0 aliphatic carbocycles. The number of rotatable bonds is 6. The van der Waals surface area contributed by atoms with Gasteiger partial charge in [0.25, 0.3) is 5.91 Å². The zero-order valence-electron chi connectivity index (χ0n) is 15.2. The number of methoxy groups -OCH3 is 1. The Morgan fingerprint density at radius 2 is 1.70 bits per heavy atom. The van der Waals surface area contributed by atoms with Gasteiger partial charge in [0, 0.05) is 18.7 Å². The summed E-state index contributed by atoms with van der Waals surface area (Å²) < 4.78 is 10.9. The molecule has 0 spiro atoms. The van der Waals surface area contributed by atoms with Gasteiger partial charge in [-0.1, -0.05) is 0 Å². The Balaban J connectivity index is 0.00000261. The average Bonchev–Trinajstić information content (AvgIpc) is 2.68. The number of hydrogen-bond acceptors (Lipinski definition) is 5. The van der Waals surface area contributed by atoms with Crippen molar-refractivity contribution in [2.45, 2.75) is 18.4 Å². The van der Waals surface area contributed by atoms with Crippen molar-refractivity contribution in [2.75, 3.05) is 26.7 Å². The van der Waals surface area contributed by atoms with Crippen LogP contribution in [0.25, 0.3) is 0 Å². The number of nitrogens with one attached hydrogen (secondary N) is 2. The van der Waals surface area contributed by atoms with Crippen LogP contribution in [-0.4, -0.2) is 43.4 Å². The van der Waals surface area contributed by atoms with Crippen LogP contribution in [0.5, 0.6) is 17.2 Å². The number of aliphatic hydroxyl groups is 1. The van der Waals surface area contributed by atoms with Crippen LogP contribution < -0.4 is 20.1 Å². The number of ether oxygens (including phenoxy) is 2. The van der Waals surface area contributed by atoms with E-state index < -0.39 is 5.60 Å². The summed E-state index contributed by atoms with van der Waals surface area (Å²) in [6, 6.07) is 14.2. The molecule has 3 N–H and O–H groups in total. The number of β-amino-alcohol motifs (C(OH)–C–C–N with tert-alkyl or cyclic N) is 1. The number of carbonyl (C=O) groups excluding carboxylic acids is 1. The first kappa shape index (κ1) is 21.0. The molecule has 27 heavy (non-hydrogen) atoms. The quantitative estimate of drug-likeness (QED) is 0.704. The molecule has 3 rings (SSSR count). The molecule has 0 aromatic heterocycles. The predicted octanol–water partition coefficient (Wildman–Crippen LogP) is 2.75. The molecule has 7 heteroatoms. The molecule has 1 fully saturated rings. The van der Waals surface area contributed by atoms with Crippen molar-refractivity contribution in [3.8, 4) is 17.2 Å². The van der Waals surface area contributed by atoms with E-state index in [4.69, 9.17) is 9.47 Å². The Bertz CT molecular complexity index is 729. The van der Waals surface area contributed by atoms with Crippen LogP contribution in [0.4, 0.5) is 0 Å². The number of piperidine rings is 1. The molecule has 1 heterocycles. The molecule has 1 aliphatic rings. The number of benzene rings is 2. The summed E-state index contributed by atoms with van der Waals surface area (Å²) in [7, 11) is 1.61. The van der Waals surface area contributed by atoms with Crippen LogP contribution in [0.2, 0.25) is 0 Å². The fraction of sp³-hybridized carbons (Fsp3) is 0.350. The Morgan fingerprint density at radius 3 is 2.26 bits per heavy atom. The van der Waals surface area contributed by atoms with Gasteiger partial charge in [-0.05, 0) is 67.9 Å². The molecule has 1 unspecified atom stereocenters. The molecule has 0 saturated carbocycles. The van der Waals surface area contributed by atoms with E-state index in [1.54, 1.807) is 31.4 Å². The standard InChI is InChI=1S/C20H24N2O4.ClH/c1-25-16-7-9-18(10-8-16)26-17-5-3-15(4-6-17)19(23)22-14-20(24)11-2-12-21-13-20;/h3-10,21,24H,2,11-14H2,1H3,(H,22,23);1H. The number of halogens is 1. The zero-order valence-corrected chi connectivity index (χ0v) is 16.1. The highest BCUT2D eigenvalue weighted by molar-refractivity contribution is 5.94. The lowest BCUT2D eigenvalue weighted by atomic mass is 9.94. The largest absolute Gasteiger partial charge is 0.497 e. The Hall–Kier alpha value is -2.28. The van der Waals surface area contributed by atoms with Crippen LogP contribution in [0.1, 0.15) is 23.2 Å². The second-order valence-electron chi connectivity index (χ2n) is 6.49. The molecule has 1 aliphatic heterocycles. The third-order valence-electron chi connectivity index (χ3n) is 4.44. The molecule has 0 bridgehead atoms. The monoisotopic (exact) mass is 392 g/mol. The number of hydrogen-bond donors (Lipinski definition) is 3. The smallest absolute Gasteiger partial charge is 0.251 e. The van der Waals surface area contributed by atoms with Gasteiger partial charge < -0.3 is 25.2 Å². The molecule has 2 aromatic rings. The molecule has 6 nitrogen and oxygen atoms in total. The zero-order chi connectivity index (χ0) is 18.4. The molecule has 2 aromatic carbocycles. The lowest BCUT2D eigenvalue weighted by Gasteiger charge is -2.32. The fourth-order valence-electron chi connectivity index (χ4n) is 2.90. The third-order valence-corrected chi connectivity index (χ3v) is 4.44. The third kappa shape index (κ3) is 5.85. The lowest BCUT2D eigenvalue weighted by Crippen LogP contribution is -2.52. The maximum absolute atomic E-state index is 12.3. The van der Waals surface area contributed by atoms with Gasteiger partial charge in [0.2, 0.25) is 0 Å². The van der Waals surface area contributed by atoms with Crippen molar-refractivity contribution in [3.63, 3.8) is 0 Å². The second-order valence-corrected chi connectivity index (χ2v) is 6.49. The minimum atomic E-state index is -0.870. The normalized spacial score (nSPS) is 18.9. The van der Waals surface area contributed by atoms with Gasteiger partial charge in [0.1, 0.15) is 17.2 Å². The van der Waals surface area contributed by atoms with Crippen molar-refractivity contribution >= 4 is 18.3 Å². The molecule has 1 saturated heterocycles. The molecule has 0 radical (unpaired) electrons. The Kier molecular flexibility index (Phi) is 7.47. The van der Waals surface area contributed by atoms with Gasteiger partial charge in [-0.25, -0.2) is 0 Å². The van der Waals surface area contributed by atoms with Gasteiger partial charge in [-0.2, -0.15) is 0 Å². The minimum Gasteiger partial charge on any atom is -0.497 e. The molecule has 1 amide bonds. The summed E-state index contributed by atoms with van der Waals surface area (Å²) in [4.78, 5) is 12.3. The summed E-state index contributed by atoms with van der Waals surface area (Å²) in [5.41, 5.74) is -0.342. The van der Waals surface area contributed by atoms with Crippen LogP contribution in [0, 0.1) is 0 Å². The van der Waals surface area contributed by atoms with Crippen molar-refractivity contribution in [3.05, 3.63) is 54.1 Å². The van der Waals surface area contributed by atoms with Crippen LogP contribution in [0.3, 0.4) is 0 Å². The number of amides is 1. The van der Waals surface area contributed by atoms with Crippen molar-refractivity contribution in [2.24, 2.45) is 0 Å². The van der Waals surface area contributed by atoms with Gasteiger partial charge in [0.05, 0.1) is 12.7 Å². The van der Waals surface area contributed by atoms with E-state index in [-0.39, 0.29) is 24.9 Å². The van der Waals surface area contributed by atoms with Crippen LogP contribution in [-0.2, 0) is 0 Å². The molecule has 146 valence electrons. The SMILES string of the molecule is COc1ccc(Oc2ccc(C(=O)NCC3(O)CCCNC3)cc2)cc1.Cl. The first-order valence-electron chi connectivity index (χ1n) is 8.71. The van der Waals surface area contributed by atoms with E-state index in [0.29, 0.717) is 30.0 Å². The topological polar surface area (TPSA) is 79.8 Å². The van der Waals surface area contributed by atoms with E-state index in [2.05, 4.69) is 10.6 Å². The van der Waals surface area contributed by atoms with E-state index in [1.807, 2.05) is 24.3 Å². The van der Waals surface area contributed by atoms with Gasteiger partial charge in [-0.3, -0.25) is 4.79 Å². The summed E-state index contributed by atoms with van der Waals surface area (Å²) >= 11 is 0. The van der Waals surface area contributed by atoms with Gasteiger partial charge >= 0.3 is 0 Å². The molecular weight excluding hydrogens is 368 g/mol. The van der Waals surface area contributed by atoms with E-state index in [9.17, 15) is 9.90 Å². The van der Waals surface area contributed by atoms with E-state index in [1.165, 1.54) is 0 Å². The minimum absolute atomic E-state index is 0. The summed E-state index contributed by atoms with van der Waals surface area (Å²) in [5, 5.41) is 16.4. The van der Waals surface area contributed by atoms with E-state index >= 15 is 0 Å². The first-order valence-corrected chi connectivity index (χ1v) is 8.71.